The number of carbonyl (C=O) groups excluding carboxylic acids is 1. The molecule has 2 aliphatic rings. The largest absolute Gasteiger partial charge is 0.496 e. The number of ether oxygens (including phenoxy) is 1. The lowest BCUT2D eigenvalue weighted by Gasteiger charge is -2.32. The van der Waals surface area contributed by atoms with Gasteiger partial charge in [-0.25, -0.2) is 4.98 Å². The number of hydrogen-bond acceptors (Lipinski definition) is 6. The molecular weight excluding hydrogens is 416 g/mol. The van der Waals surface area contributed by atoms with E-state index in [-0.39, 0.29) is 5.91 Å². The van der Waals surface area contributed by atoms with Gasteiger partial charge in [-0.1, -0.05) is 6.07 Å². The number of amides is 1. The summed E-state index contributed by atoms with van der Waals surface area (Å²) < 4.78 is 7.70. The maximum Gasteiger partial charge on any atom is 0.260 e. The standard InChI is InChI=1S/C25H30N6O2/c1-16(2)30-12-10-17-14-21(33-3)19(13-18(17)15-30)25(32)27-22-8-6-7-20(26-22)24-29-28-23-9-4-5-11-31(23)24/h6-8,13-14,16H,4-5,9-12,15H2,1-3H3,(H,26,27,32). The van der Waals surface area contributed by atoms with E-state index in [1.54, 1.807) is 13.2 Å². The Morgan fingerprint density at radius 3 is 2.79 bits per heavy atom. The molecule has 172 valence electrons. The van der Waals surface area contributed by atoms with Crippen molar-refractivity contribution in [3.63, 3.8) is 0 Å². The summed E-state index contributed by atoms with van der Waals surface area (Å²) in [4.78, 5) is 20.3. The zero-order valence-electron chi connectivity index (χ0n) is 19.5. The molecule has 5 rings (SSSR count). The van der Waals surface area contributed by atoms with E-state index in [9.17, 15) is 4.79 Å². The second-order valence-electron chi connectivity index (χ2n) is 9.05. The molecular formula is C25H30N6O2. The minimum absolute atomic E-state index is 0.232. The first kappa shape index (κ1) is 21.6. The van der Waals surface area contributed by atoms with Crippen molar-refractivity contribution in [1.82, 2.24) is 24.6 Å². The van der Waals surface area contributed by atoms with Crippen LogP contribution in [0.25, 0.3) is 11.5 Å². The Morgan fingerprint density at radius 2 is 1.97 bits per heavy atom. The number of benzene rings is 1. The fraction of sp³-hybridized carbons (Fsp3) is 0.440. The summed E-state index contributed by atoms with van der Waals surface area (Å²) in [6.07, 6.45) is 4.15. The average Bonchev–Trinajstić information content (AvgIpc) is 3.27. The number of nitrogens with one attached hydrogen (secondary N) is 1. The van der Waals surface area contributed by atoms with Crippen LogP contribution in [0.1, 0.15) is 54.0 Å². The maximum atomic E-state index is 13.2. The number of pyridine rings is 1. The van der Waals surface area contributed by atoms with E-state index in [1.807, 2.05) is 24.3 Å². The van der Waals surface area contributed by atoms with Crippen molar-refractivity contribution in [3.8, 4) is 17.3 Å². The molecule has 33 heavy (non-hydrogen) atoms. The molecule has 3 aromatic rings. The smallest absolute Gasteiger partial charge is 0.260 e. The Hall–Kier alpha value is -3.26. The first-order valence-corrected chi connectivity index (χ1v) is 11.7. The van der Waals surface area contributed by atoms with Gasteiger partial charge in [-0.15, -0.1) is 10.2 Å². The topological polar surface area (TPSA) is 85.2 Å². The Bertz CT molecular complexity index is 1190. The number of rotatable bonds is 5. The highest BCUT2D eigenvalue weighted by atomic mass is 16.5. The molecule has 0 saturated heterocycles. The lowest BCUT2D eigenvalue weighted by Crippen LogP contribution is -2.36. The zero-order valence-corrected chi connectivity index (χ0v) is 19.5. The maximum absolute atomic E-state index is 13.2. The molecule has 0 bridgehead atoms. The van der Waals surface area contributed by atoms with Crippen LogP contribution in [-0.4, -0.2) is 50.3 Å². The summed E-state index contributed by atoms with van der Waals surface area (Å²) in [5.41, 5.74) is 3.65. The SMILES string of the molecule is COc1cc2c(cc1C(=O)Nc1cccc(-c3nnc4n3CCCC4)n1)CN(C(C)C)CC2. The number of hydrogen-bond donors (Lipinski definition) is 1. The first-order chi connectivity index (χ1) is 16.0. The third-order valence-electron chi connectivity index (χ3n) is 6.62. The van der Waals surface area contributed by atoms with Crippen molar-refractivity contribution in [2.75, 3.05) is 19.0 Å². The van der Waals surface area contributed by atoms with Gasteiger partial charge in [0.05, 0.1) is 12.7 Å². The van der Waals surface area contributed by atoms with E-state index in [0.29, 0.717) is 28.9 Å². The lowest BCUT2D eigenvalue weighted by molar-refractivity contribution is 0.102. The van der Waals surface area contributed by atoms with Crippen molar-refractivity contribution in [2.24, 2.45) is 0 Å². The van der Waals surface area contributed by atoms with E-state index < -0.39 is 0 Å². The molecule has 2 aliphatic heterocycles. The molecule has 0 radical (unpaired) electrons. The predicted octanol–water partition coefficient (Wildman–Crippen LogP) is 3.70. The summed E-state index contributed by atoms with van der Waals surface area (Å²) in [6, 6.07) is 10.0. The molecule has 4 heterocycles. The van der Waals surface area contributed by atoms with Crippen LogP contribution in [0.4, 0.5) is 5.82 Å². The van der Waals surface area contributed by atoms with Crippen molar-refractivity contribution in [3.05, 3.63) is 52.8 Å². The molecule has 0 atom stereocenters. The summed E-state index contributed by atoms with van der Waals surface area (Å²) in [7, 11) is 1.61. The molecule has 0 aliphatic carbocycles. The molecule has 1 N–H and O–H groups in total. The molecule has 8 heteroatoms. The first-order valence-electron chi connectivity index (χ1n) is 11.7. The molecule has 0 spiro atoms. The van der Waals surface area contributed by atoms with Crippen LogP contribution in [0.15, 0.2) is 30.3 Å². The van der Waals surface area contributed by atoms with Crippen molar-refractivity contribution >= 4 is 11.7 Å². The highest BCUT2D eigenvalue weighted by molar-refractivity contribution is 6.06. The van der Waals surface area contributed by atoms with Crippen molar-refractivity contribution in [2.45, 2.75) is 58.7 Å². The van der Waals surface area contributed by atoms with Crippen molar-refractivity contribution < 1.29 is 9.53 Å². The fourth-order valence-corrected chi connectivity index (χ4v) is 4.71. The van der Waals surface area contributed by atoms with E-state index in [0.717, 1.165) is 57.0 Å². The van der Waals surface area contributed by atoms with Crippen LogP contribution in [-0.2, 0) is 25.9 Å². The van der Waals surface area contributed by atoms with E-state index in [1.165, 1.54) is 11.1 Å². The highest BCUT2D eigenvalue weighted by Gasteiger charge is 2.23. The number of nitrogens with zero attached hydrogens (tertiary/aromatic N) is 5. The molecule has 1 aromatic carbocycles. The van der Waals surface area contributed by atoms with Crippen LogP contribution in [0.3, 0.4) is 0 Å². The van der Waals surface area contributed by atoms with Gasteiger partial charge < -0.3 is 14.6 Å². The Kier molecular flexibility index (Phi) is 5.85. The number of fused-ring (bicyclic) bond motifs is 2. The van der Waals surface area contributed by atoms with Crippen LogP contribution in [0.2, 0.25) is 0 Å². The van der Waals surface area contributed by atoms with Crippen LogP contribution in [0.5, 0.6) is 5.75 Å². The van der Waals surface area contributed by atoms with Crippen LogP contribution < -0.4 is 10.1 Å². The van der Waals surface area contributed by atoms with Crippen LogP contribution >= 0.6 is 0 Å². The molecule has 0 unspecified atom stereocenters. The second kappa shape index (κ2) is 8.94. The monoisotopic (exact) mass is 446 g/mol. The van der Waals surface area contributed by atoms with E-state index in [2.05, 4.69) is 43.8 Å². The van der Waals surface area contributed by atoms with Crippen LogP contribution in [0, 0.1) is 0 Å². The number of aryl methyl sites for hydroxylation is 1. The summed E-state index contributed by atoms with van der Waals surface area (Å²) >= 11 is 0. The van der Waals surface area contributed by atoms with E-state index >= 15 is 0 Å². The van der Waals surface area contributed by atoms with Gasteiger partial charge in [0.25, 0.3) is 5.91 Å². The molecule has 0 fully saturated rings. The molecule has 0 saturated carbocycles. The third-order valence-corrected chi connectivity index (χ3v) is 6.62. The predicted molar refractivity (Wildman–Crippen MR) is 126 cm³/mol. The molecule has 8 nitrogen and oxygen atoms in total. The number of methoxy groups -OCH3 is 1. The summed E-state index contributed by atoms with van der Waals surface area (Å²) in [5.74, 6) is 2.59. The average molecular weight is 447 g/mol. The second-order valence-corrected chi connectivity index (χ2v) is 9.05. The quantitative estimate of drug-likeness (QED) is 0.643. The Balaban J connectivity index is 1.41. The highest BCUT2D eigenvalue weighted by Crippen LogP contribution is 2.29. The Labute approximate surface area is 194 Å². The molecule has 1 amide bonds. The number of carbonyl (C=O) groups is 1. The zero-order chi connectivity index (χ0) is 22.9. The van der Waals surface area contributed by atoms with Gasteiger partial charge in [-0.3, -0.25) is 9.69 Å². The lowest BCUT2D eigenvalue weighted by atomic mass is 9.95. The van der Waals surface area contributed by atoms with Gasteiger partial charge in [-0.2, -0.15) is 0 Å². The normalized spacial score (nSPS) is 15.8. The van der Waals surface area contributed by atoms with Gasteiger partial charge in [0.2, 0.25) is 0 Å². The minimum atomic E-state index is -0.232. The van der Waals surface area contributed by atoms with Crippen molar-refractivity contribution in [1.29, 1.82) is 0 Å². The van der Waals surface area contributed by atoms with Gasteiger partial charge in [0.1, 0.15) is 23.1 Å². The number of anilines is 1. The van der Waals surface area contributed by atoms with Gasteiger partial charge in [0.15, 0.2) is 5.82 Å². The Morgan fingerprint density at radius 1 is 1.09 bits per heavy atom. The summed E-state index contributed by atoms with van der Waals surface area (Å²) in [5, 5.41) is 11.6. The number of aromatic nitrogens is 4. The van der Waals surface area contributed by atoms with Gasteiger partial charge in [0, 0.05) is 32.1 Å². The van der Waals surface area contributed by atoms with Gasteiger partial charge in [-0.05, 0) is 68.5 Å². The fourth-order valence-electron chi connectivity index (χ4n) is 4.71. The summed E-state index contributed by atoms with van der Waals surface area (Å²) in [6.45, 7) is 7.15. The third kappa shape index (κ3) is 4.23. The molecule has 2 aromatic heterocycles. The van der Waals surface area contributed by atoms with Gasteiger partial charge >= 0.3 is 0 Å². The minimum Gasteiger partial charge on any atom is -0.496 e. The van der Waals surface area contributed by atoms with E-state index in [4.69, 9.17) is 4.74 Å².